The van der Waals surface area contributed by atoms with Crippen LogP contribution in [0.3, 0.4) is 0 Å². The van der Waals surface area contributed by atoms with Crippen molar-refractivity contribution in [1.29, 1.82) is 0 Å². The Hall–Kier alpha value is -2.09. The van der Waals surface area contributed by atoms with Crippen molar-refractivity contribution in [3.8, 4) is 0 Å². The fraction of sp³-hybridized carbons (Fsp3) is 0.350. The highest BCUT2D eigenvalue weighted by Gasteiger charge is 2.28. The lowest BCUT2D eigenvalue weighted by Crippen LogP contribution is -2.23. The Morgan fingerprint density at radius 2 is 1.55 bits per heavy atom. The molecule has 2 aromatic rings. The molecule has 1 amide bonds. The molecular formula is C20H25NO. The van der Waals surface area contributed by atoms with E-state index in [1.54, 1.807) is 0 Å². The Kier molecular flexibility index (Phi) is 6.20. The van der Waals surface area contributed by atoms with Crippen LogP contribution in [0.15, 0.2) is 60.7 Å². The molecule has 0 aromatic heterocycles. The summed E-state index contributed by atoms with van der Waals surface area (Å²) in [5.74, 6) is 1.18. The van der Waals surface area contributed by atoms with Crippen LogP contribution in [0.2, 0.25) is 0 Å². The van der Waals surface area contributed by atoms with Gasteiger partial charge in [-0.05, 0) is 29.9 Å². The number of nitrogens with one attached hydrogen (secondary N) is 1. The molecule has 0 radical (unpaired) electrons. The van der Waals surface area contributed by atoms with Crippen LogP contribution in [0.5, 0.6) is 0 Å². The van der Waals surface area contributed by atoms with Crippen molar-refractivity contribution >= 4 is 5.91 Å². The van der Waals surface area contributed by atoms with E-state index in [1.165, 1.54) is 5.56 Å². The Morgan fingerprint density at radius 3 is 2.00 bits per heavy atom. The predicted molar refractivity (Wildman–Crippen MR) is 91.5 cm³/mol. The first-order chi connectivity index (χ1) is 10.7. The van der Waals surface area contributed by atoms with Crippen molar-refractivity contribution in [1.82, 2.24) is 5.32 Å². The molecule has 1 fully saturated rings. The molecule has 116 valence electrons. The molecule has 3 rings (SSSR count). The summed E-state index contributed by atoms with van der Waals surface area (Å²) in [6, 6.07) is 20.5. The van der Waals surface area contributed by atoms with E-state index in [0.717, 1.165) is 18.4 Å². The molecule has 0 bridgehead atoms. The van der Waals surface area contributed by atoms with E-state index in [9.17, 15) is 4.79 Å². The highest BCUT2D eigenvalue weighted by Crippen LogP contribution is 2.28. The normalized spacial score (nSPS) is 13.2. The van der Waals surface area contributed by atoms with Crippen LogP contribution < -0.4 is 5.32 Å². The molecule has 0 saturated heterocycles. The van der Waals surface area contributed by atoms with E-state index in [-0.39, 0.29) is 5.91 Å². The van der Waals surface area contributed by atoms with Gasteiger partial charge in [-0.1, -0.05) is 74.5 Å². The number of hydrogen-bond acceptors (Lipinski definition) is 1. The molecule has 2 nitrogen and oxygen atoms in total. The van der Waals surface area contributed by atoms with E-state index < -0.39 is 0 Å². The number of benzene rings is 2. The minimum Gasteiger partial charge on any atom is -0.352 e. The topological polar surface area (TPSA) is 29.1 Å². The van der Waals surface area contributed by atoms with Gasteiger partial charge in [-0.2, -0.15) is 0 Å². The number of carbonyl (C=O) groups excluding carboxylic acids is 1. The number of amides is 1. The maximum atomic E-state index is 11.3. The zero-order chi connectivity index (χ0) is 15.8. The largest absolute Gasteiger partial charge is 0.352 e. The maximum absolute atomic E-state index is 11.3. The van der Waals surface area contributed by atoms with Gasteiger partial charge in [-0.15, -0.1) is 0 Å². The molecule has 1 aliphatic carbocycles. The highest BCUT2D eigenvalue weighted by molar-refractivity contribution is 5.80. The summed E-state index contributed by atoms with van der Waals surface area (Å²) in [6.07, 6.45) is 2.14. The molecule has 0 aliphatic heterocycles. The first kappa shape index (κ1) is 16.3. The molecule has 22 heavy (non-hydrogen) atoms. The van der Waals surface area contributed by atoms with Crippen LogP contribution in [0, 0.1) is 5.92 Å². The molecule has 0 heterocycles. The van der Waals surface area contributed by atoms with Gasteiger partial charge in [-0.3, -0.25) is 4.79 Å². The molecule has 2 heteroatoms. The second-order valence-electron chi connectivity index (χ2n) is 6.04. The summed E-state index contributed by atoms with van der Waals surface area (Å²) in [7, 11) is 0. The van der Waals surface area contributed by atoms with Gasteiger partial charge in [0.05, 0.1) is 0 Å². The SMILES string of the molecule is CC(C)c1ccccc1.O=C(NCc1ccccc1)C1CC1. The Bertz CT molecular complexity index is 559. The van der Waals surface area contributed by atoms with E-state index in [0.29, 0.717) is 18.4 Å². The van der Waals surface area contributed by atoms with Crippen molar-refractivity contribution in [3.63, 3.8) is 0 Å². The van der Waals surface area contributed by atoms with Crippen LogP contribution in [0.1, 0.15) is 43.7 Å². The Morgan fingerprint density at radius 1 is 1.00 bits per heavy atom. The van der Waals surface area contributed by atoms with Crippen LogP contribution >= 0.6 is 0 Å². The summed E-state index contributed by atoms with van der Waals surface area (Å²) >= 11 is 0. The van der Waals surface area contributed by atoms with E-state index in [4.69, 9.17) is 0 Å². The van der Waals surface area contributed by atoms with Crippen LogP contribution in [-0.2, 0) is 11.3 Å². The first-order valence-electron chi connectivity index (χ1n) is 8.03. The lowest BCUT2D eigenvalue weighted by Gasteiger charge is -2.03. The van der Waals surface area contributed by atoms with Crippen LogP contribution in [0.25, 0.3) is 0 Å². The van der Waals surface area contributed by atoms with Gasteiger partial charge in [0.1, 0.15) is 0 Å². The van der Waals surface area contributed by atoms with E-state index in [2.05, 4.69) is 43.4 Å². The second-order valence-corrected chi connectivity index (χ2v) is 6.04. The van der Waals surface area contributed by atoms with Crippen LogP contribution in [0.4, 0.5) is 0 Å². The second kappa shape index (κ2) is 8.38. The summed E-state index contributed by atoms with van der Waals surface area (Å²) < 4.78 is 0. The van der Waals surface area contributed by atoms with Crippen molar-refractivity contribution in [2.45, 2.75) is 39.2 Å². The molecule has 0 unspecified atom stereocenters. The minimum atomic E-state index is 0.212. The molecule has 1 aliphatic rings. The predicted octanol–water partition coefficient (Wildman–Crippen LogP) is 4.52. The third kappa shape index (κ3) is 5.72. The van der Waals surface area contributed by atoms with E-state index >= 15 is 0 Å². The van der Waals surface area contributed by atoms with Gasteiger partial charge in [-0.25, -0.2) is 0 Å². The third-order valence-electron chi connectivity index (χ3n) is 3.72. The summed E-state index contributed by atoms with van der Waals surface area (Å²) in [5, 5.41) is 2.92. The number of carbonyl (C=O) groups is 1. The standard InChI is InChI=1S/C11H13NO.C9H12/c13-11(10-6-7-10)12-8-9-4-2-1-3-5-9;1-8(2)9-6-4-3-5-7-9/h1-5,10H,6-8H2,(H,12,13);3-8H,1-2H3. The number of rotatable bonds is 4. The fourth-order valence-corrected chi connectivity index (χ4v) is 2.11. The summed E-state index contributed by atoms with van der Waals surface area (Å²) in [4.78, 5) is 11.3. The van der Waals surface area contributed by atoms with Crippen molar-refractivity contribution in [3.05, 3.63) is 71.8 Å². The monoisotopic (exact) mass is 295 g/mol. The quantitative estimate of drug-likeness (QED) is 0.882. The van der Waals surface area contributed by atoms with Crippen molar-refractivity contribution < 1.29 is 4.79 Å². The zero-order valence-corrected chi connectivity index (χ0v) is 13.5. The Balaban J connectivity index is 0.000000172. The first-order valence-corrected chi connectivity index (χ1v) is 8.03. The Labute approximate surface area is 133 Å². The van der Waals surface area contributed by atoms with E-state index in [1.807, 2.05) is 36.4 Å². The fourth-order valence-electron chi connectivity index (χ4n) is 2.11. The van der Waals surface area contributed by atoms with Gasteiger partial charge in [0.2, 0.25) is 5.91 Å². The molecule has 2 aromatic carbocycles. The number of hydrogen-bond donors (Lipinski definition) is 1. The maximum Gasteiger partial charge on any atom is 0.223 e. The van der Waals surface area contributed by atoms with Gasteiger partial charge >= 0.3 is 0 Å². The smallest absolute Gasteiger partial charge is 0.223 e. The summed E-state index contributed by atoms with van der Waals surface area (Å²) in [5.41, 5.74) is 2.58. The molecule has 1 saturated carbocycles. The molecule has 0 atom stereocenters. The van der Waals surface area contributed by atoms with Crippen molar-refractivity contribution in [2.24, 2.45) is 5.92 Å². The minimum absolute atomic E-state index is 0.212. The molecule has 1 N–H and O–H groups in total. The average Bonchev–Trinajstić information content (AvgIpc) is 3.40. The molecule has 0 spiro atoms. The zero-order valence-electron chi connectivity index (χ0n) is 13.5. The lowest BCUT2D eigenvalue weighted by molar-refractivity contribution is -0.122. The van der Waals surface area contributed by atoms with Crippen LogP contribution in [-0.4, -0.2) is 5.91 Å². The lowest BCUT2D eigenvalue weighted by atomic mass is 10.0. The van der Waals surface area contributed by atoms with Gasteiger partial charge in [0.25, 0.3) is 0 Å². The highest BCUT2D eigenvalue weighted by atomic mass is 16.2. The average molecular weight is 295 g/mol. The van der Waals surface area contributed by atoms with Gasteiger partial charge in [0, 0.05) is 12.5 Å². The third-order valence-corrected chi connectivity index (χ3v) is 3.72. The van der Waals surface area contributed by atoms with Gasteiger partial charge in [0.15, 0.2) is 0 Å². The van der Waals surface area contributed by atoms with Crippen molar-refractivity contribution in [2.75, 3.05) is 0 Å². The summed E-state index contributed by atoms with van der Waals surface area (Å²) in [6.45, 7) is 5.07. The van der Waals surface area contributed by atoms with Gasteiger partial charge < -0.3 is 5.32 Å². The molecular weight excluding hydrogens is 270 g/mol.